The standard InChI is InChI=1S/C15H21F3N4O/c1-2-20-5-7-21(8-6-20)14(23)10-22-12(11-3-4-11)9-13(19-22)15(16,17)18/h9,11H,2-8,10H2,1H3. The van der Waals surface area contributed by atoms with Crippen LogP contribution >= 0.6 is 0 Å². The molecule has 5 nitrogen and oxygen atoms in total. The molecule has 1 aromatic heterocycles. The predicted octanol–water partition coefficient (Wildman–Crippen LogP) is 1.94. The minimum Gasteiger partial charge on any atom is -0.339 e. The van der Waals surface area contributed by atoms with E-state index in [1.54, 1.807) is 4.90 Å². The van der Waals surface area contributed by atoms with E-state index in [2.05, 4.69) is 16.9 Å². The van der Waals surface area contributed by atoms with Crippen molar-refractivity contribution < 1.29 is 18.0 Å². The molecule has 2 fully saturated rings. The highest BCUT2D eigenvalue weighted by molar-refractivity contribution is 5.76. The third kappa shape index (κ3) is 3.68. The van der Waals surface area contributed by atoms with Crippen LogP contribution in [0.2, 0.25) is 0 Å². The van der Waals surface area contributed by atoms with E-state index in [-0.39, 0.29) is 18.4 Å². The maximum absolute atomic E-state index is 12.9. The second-order valence-corrected chi connectivity index (χ2v) is 6.20. The Hall–Kier alpha value is -1.57. The quantitative estimate of drug-likeness (QED) is 0.847. The molecule has 3 rings (SSSR count). The second-order valence-electron chi connectivity index (χ2n) is 6.20. The fourth-order valence-corrected chi connectivity index (χ4v) is 2.95. The molecule has 1 aliphatic carbocycles. The van der Waals surface area contributed by atoms with Crippen LogP contribution < -0.4 is 0 Å². The first-order chi connectivity index (χ1) is 10.9. The van der Waals surface area contributed by atoms with Crippen molar-refractivity contribution in [3.8, 4) is 0 Å². The molecule has 0 aromatic carbocycles. The number of halogens is 3. The van der Waals surface area contributed by atoms with Crippen LogP contribution in [0, 0.1) is 0 Å². The van der Waals surface area contributed by atoms with Gasteiger partial charge in [-0.2, -0.15) is 18.3 Å². The highest BCUT2D eigenvalue weighted by Crippen LogP contribution is 2.42. The van der Waals surface area contributed by atoms with Gasteiger partial charge < -0.3 is 9.80 Å². The molecule has 8 heteroatoms. The van der Waals surface area contributed by atoms with Crippen LogP contribution in [-0.4, -0.2) is 58.2 Å². The molecule has 2 heterocycles. The molecule has 1 saturated heterocycles. The summed E-state index contributed by atoms with van der Waals surface area (Å²) in [7, 11) is 0. The van der Waals surface area contributed by atoms with Gasteiger partial charge in [-0.05, 0) is 25.5 Å². The van der Waals surface area contributed by atoms with E-state index in [9.17, 15) is 18.0 Å². The maximum atomic E-state index is 12.9. The van der Waals surface area contributed by atoms with Gasteiger partial charge in [0.2, 0.25) is 5.91 Å². The molecule has 1 saturated carbocycles. The Labute approximate surface area is 133 Å². The zero-order valence-electron chi connectivity index (χ0n) is 13.1. The molecule has 1 amide bonds. The maximum Gasteiger partial charge on any atom is 0.435 e. The highest BCUT2D eigenvalue weighted by Gasteiger charge is 2.38. The first kappa shape index (κ1) is 16.3. The van der Waals surface area contributed by atoms with Gasteiger partial charge in [-0.25, -0.2) is 0 Å². The summed E-state index contributed by atoms with van der Waals surface area (Å²) in [5.74, 6) is -0.0391. The normalized spacial score (nSPS) is 20.1. The summed E-state index contributed by atoms with van der Waals surface area (Å²) in [6, 6.07) is 1.10. The third-order valence-corrected chi connectivity index (χ3v) is 4.55. The molecule has 0 N–H and O–H groups in total. The predicted molar refractivity (Wildman–Crippen MR) is 77.9 cm³/mol. The summed E-state index contributed by atoms with van der Waals surface area (Å²) in [5.41, 5.74) is -0.360. The van der Waals surface area contributed by atoms with E-state index < -0.39 is 11.9 Å². The van der Waals surface area contributed by atoms with E-state index in [4.69, 9.17) is 0 Å². The Balaban J connectivity index is 1.69. The molecule has 23 heavy (non-hydrogen) atoms. The summed E-state index contributed by atoms with van der Waals surface area (Å²) < 4.78 is 39.8. The number of piperazine rings is 1. The number of hydrogen-bond acceptors (Lipinski definition) is 3. The van der Waals surface area contributed by atoms with E-state index >= 15 is 0 Å². The molecular weight excluding hydrogens is 309 g/mol. The summed E-state index contributed by atoms with van der Waals surface area (Å²) in [5, 5.41) is 3.64. The van der Waals surface area contributed by atoms with Crippen LogP contribution in [0.1, 0.15) is 37.1 Å². The summed E-state index contributed by atoms with van der Waals surface area (Å²) in [4.78, 5) is 16.3. The first-order valence-corrected chi connectivity index (χ1v) is 8.03. The lowest BCUT2D eigenvalue weighted by atomic mass is 10.2. The van der Waals surface area contributed by atoms with Crippen molar-refractivity contribution in [2.24, 2.45) is 0 Å². The smallest absolute Gasteiger partial charge is 0.339 e. The number of likely N-dealkylation sites (N-methyl/N-ethyl adjacent to an activating group) is 1. The van der Waals surface area contributed by atoms with Crippen LogP contribution in [0.4, 0.5) is 13.2 Å². The van der Waals surface area contributed by atoms with Crippen molar-refractivity contribution in [2.45, 2.75) is 38.4 Å². The topological polar surface area (TPSA) is 41.4 Å². The fourth-order valence-electron chi connectivity index (χ4n) is 2.95. The van der Waals surface area contributed by atoms with Crippen molar-refractivity contribution in [3.63, 3.8) is 0 Å². The molecule has 0 spiro atoms. The number of carbonyl (C=O) groups is 1. The summed E-state index contributed by atoms with van der Waals surface area (Å²) in [6.45, 7) is 5.78. The van der Waals surface area contributed by atoms with Gasteiger partial charge in [0.1, 0.15) is 6.54 Å². The first-order valence-electron chi connectivity index (χ1n) is 8.03. The third-order valence-electron chi connectivity index (χ3n) is 4.55. The van der Waals surface area contributed by atoms with Gasteiger partial charge in [0.25, 0.3) is 0 Å². The van der Waals surface area contributed by atoms with E-state index in [0.717, 1.165) is 38.5 Å². The molecule has 1 aromatic rings. The fraction of sp³-hybridized carbons (Fsp3) is 0.733. The van der Waals surface area contributed by atoms with Gasteiger partial charge in [0.15, 0.2) is 5.69 Å². The number of aromatic nitrogens is 2. The van der Waals surface area contributed by atoms with Crippen LogP contribution in [0.25, 0.3) is 0 Å². The molecule has 0 radical (unpaired) electrons. The summed E-state index contributed by atoms with van der Waals surface area (Å²) >= 11 is 0. The lowest BCUT2D eigenvalue weighted by Crippen LogP contribution is -2.49. The Morgan fingerprint density at radius 2 is 1.91 bits per heavy atom. The lowest BCUT2D eigenvalue weighted by Gasteiger charge is -2.34. The van der Waals surface area contributed by atoms with Crippen LogP contribution in [0.15, 0.2) is 6.07 Å². The number of rotatable bonds is 4. The Kier molecular flexibility index (Phi) is 4.35. The largest absolute Gasteiger partial charge is 0.435 e. The molecule has 2 aliphatic rings. The van der Waals surface area contributed by atoms with Gasteiger partial charge >= 0.3 is 6.18 Å². The van der Waals surface area contributed by atoms with Crippen LogP contribution in [0.5, 0.6) is 0 Å². The number of hydrogen-bond donors (Lipinski definition) is 0. The van der Waals surface area contributed by atoms with Crippen molar-refractivity contribution in [3.05, 3.63) is 17.5 Å². The minimum absolute atomic E-state index is 0.103. The van der Waals surface area contributed by atoms with E-state index in [0.29, 0.717) is 18.8 Å². The van der Waals surface area contributed by atoms with Crippen molar-refractivity contribution in [2.75, 3.05) is 32.7 Å². The van der Waals surface area contributed by atoms with Gasteiger partial charge in [-0.1, -0.05) is 6.92 Å². The number of carbonyl (C=O) groups excluding carboxylic acids is 1. The van der Waals surface area contributed by atoms with Crippen molar-refractivity contribution in [1.82, 2.24) is 19.6 Å². The van der Waals surface area contributed by atoms with Crippen LogP contribution in [0.3, 0.4) is 0 Å². The number of amides is 1. The van der Waals surface area contributed by atoms with Crippen molar-refractivity contribution in [1.29, 1.82) is 0 Å². The zero-order valence-corrected chi connectivity index (χ0v) is 13.1. The number of alkyl halides is 3. The second kappa shape index (κ2) is 6.14. The molecule has 1 aliphatic heterocycles. The summed E-state index contributed by atoms with van der Waals surface area (Å²) in [6.07, 6.45) is -2.73. The van der Waals surface area contributed by atoms with E-state index in [1.807, 2.05) is 0 Å². The van der Waals surface area contributed by atoms with Gasteiger partial charge in [-0.3, -0.25) is 9.48 Å². The molecule has 128 valence electrons. The molecular formula is C15H21F3N4O. The molecule has 0 bridgehead atoms. The van der Waals surface area contributed by atoms with Crippen LogP contribution in [-0.2, 0) is 17.5 Å². The van der Waals surface area contributed by atoms with Gasteiger partial charge in [0.05, 0.1) is 0 Å². The Bertz CT molecular complexity index is 572. The van der Waals surface area contributed by atoms with E-state index in [1.165, 1.54) is 4.68 Å². The highest BCUT2D eigenvalue weighted by atomic mass is 19.4. The molecule has 0 unspecified atom stereocenters. The molecule has 0 atom stereocenters. The van der Waals surface area contributed by atoms with Gasteiger partial charge in [0, 0.05) is 37.8 Å². The Morgan fingerprint density at radius 1 is 1.26 bits per heavy atom. The number of nitrogens with zero attached hydrogens (tertiary/aromatic N) is 4. The van der Waals surface area contributed by atoms with Gasteiger partial charge in [-0.15, -0.1) is 0 Å². The average molecular weight is 330 g/mol. The SMILES string of the molecule is CCN1CCN(C(=O)Cn2nc(C(F)(F)F)cc2C2CC2)CC1. The monoisotopic (exact) mass is 330 g/mol. The zero-order chi connectivity index (χ0) is 16.6. The lowest BCUT2D eigenvalue weighted by molar-refractivity contribution is -0.142. The Morgan fingerprint density at radius 3 is 2.43 bits per heavy atom. The van der Waals surface area contributed by atoms with Crippen molar-refractivity contribution >= 4 is 5.91 Å². The average Bonchev–Trinajstić information content (AvgIpc) is 3.27. The minimum atomic E-state index is -4.47.